The molecule has 2 aromatic carbocycles. The Labute approximate surface area is 181 Å². The van der Waals surface area contributed by atoms with Crippen LogP contribution in [0.25, 0.3) is 5.69 Å². The number of nitrogens with zero attached hydrogens (tertiary/aromatic N) is 3. The smallest absolute Gasteiger partial charge is 0.270 e. The first-order valence-electron chi connectivity index (χ1n) is 9.97. The van der Waals surface area contributed by atoms with Crippen molar-refractivity contribution in [1.29, 1.82) is 0 Å². The van der Waals surface area contributed by atoms with Crippen molar-refractivity contribution >= 4 is 15.9 Å². The molecule has 0 unspecified atom stereocenters. The summed E-state index contributed by atoms with van der Waals surface area (Å²) in [6, 6.07) is 11.9. The molecule has 1 heterocycles. The fourth-order valence-electron chi connectivity index (χ4n) is 3.27. The van der Waals surface area contributed by atoms with E-state index in [1.807, 2.05) is 6.92 Å². The number of sulfonamides is 1. The number of benzene rings is 2. The Bertz CT molecular complexity index is 1140. The van der Waals surface area contributed by atoms with Crippen LogP contribution in [0.2, 0.25) is 0 Å². The van der Waals surface area contributed by atoms with Crippen LogP contribution in [0.4, 0.5) is 4.39 Å². The van der Waals surface area contributed by atoms with Crippen molar-refractivity contribution in [3.05, 3.63) is 78.1 Å². The zero-order chi connectivity index (χ0) is 22.6. The molecule has 1 aromatic heterocycles. The van der Waals surface area contributed by atoms with Crippen molar-refractivity contribution in [2.24, 2.45) is 0 Å². The minimum absolute atomic E-state index is 0.216. The average molecular weight is 445 g/mol. The van der Waals surface area contributed by atoms with Gasteiger partial charge in [-0.3, -0.25) is 9.36 Å². The standard InChI is InChI=1S/C22H25FN4O3S/c1-4-26(5-2)31(29,30)20-12-6-17(7-13-20)16(3)25-22(28)21-14-24-15-27(21)19-10-8-18(23)9-11-19/h6-16H,4-5H2,1-3H3,(H,25,28)/t16-/m0/s1. The maximum absolute atomic E-state index is 13.2. The highest BCUT2D eigenvalue weighted by atomic mass is 32.2. The van der Waals surface area contributed by atoms with Crippen LogP contribution in [-0.4, -0.2) is 41.3 Å². The van der Waals surface area contributed by atoms with Gasteiger partial charge in [0.15, 0.2) is 0 Å². The number of carbonyl (C=O) groups excluding carboxylic acids is 1. The van der Waals surface area contributed by atoms with Crippen molar-refractivity contribution in [3.63, 3.8) is 0 Å². The molecule has 0 aliphatic rings. The summed E-state index contributed by atoms with van der Waals surface area (Å²) < 4.78 is 41.4. The zero-order valence-corrected chi connectivity index (χ0v) is 18.4. The summed E-state index contributed by atoms with van der Waals surface area (Å²) in [7, 11) is -3.53. The van der Waals surface area contributed by atoms with Crippen LogP contribution in [0.3, 0.4) is 0 Å². The molecule has 0 bridgehead atoms. The lowest BCUT2D eigenvalue weighted by atomic mass is 10.1. The summed E-state index contributed by atoms with van der Waals surface area (Å²) in [5, 5.41) is 2.89. The number of hydrogen-bond donors (Lipinski definition) is 1. The molecule has 7 nitrogen and oxygen atoms in total. The molecule has 0 aliphatic carbocycles. The molecule has 9 heteroatoms. The average Bonchev–Trinajstić information content (AvgIpc) is 3.25. The summed E-state index contributed by atoms with van der Waals surface area (Å²) >= 11 is 0. The predicted molar refractivity (Wildman–Crippen MR) is 116 cm³/mol. The topological polar surface area (TPSA) is 84.3 Å². The normalized spacial score (nSPS) is 12.7. The van der Waals surface area contributed by atoms with E-state index in [9.17, 15) is 17.6 Å². The van der Waals surface area contributed by atoms with Crippen LogP contribution < -0.4 is 5.32 Å². The number of halogens is 1. The molecule has 164 valence electrons. The molecule has 0 saturated carbocycles. The van der Waals surface area contributed by atoms with E-state index < -0.39 is 10.0 Å². The third kappa shape index (κ3) is 4.83. The van der Waals surface area contributed by atoms with Gasteiger partial charge in [-0.2, -0.15) is 4.31 Å². The van der Waals surface area contributed by atoms with E-state index in [0.717, 1.165) is 5.56 Å². The van der Waals surface area contributed by atoms with Gasteiger partial charge < -0.3 is 5.32 Å². The molecule has 31 heavy (non-hydrogen) atoms. The van der Waals surface area contributed by atoms with Crippen LogP contribution in [-0.2, 0) is 10.0 Å². The summed E-state index contributed by atoms with van der Waals surface area (Å²) in [6.07, 6.45) is 2.92. The van der Waals surface area contributed by atoms with Gasteiger partial charge in [0.25, 0.3) is 5.91 Å². The molecule has 3 rings (SSSR count). The van der Waals surface area contributed by atoms with Crippen LogP contribution in [0, 0.1) is 5.82 Å². The molecule has 0 saturated heterocycles. The van der Waals surface area contributed by atoms with E-state index in [2.05, 4.69) is 10.3 Å². The van der Waals surface area contributed by atoms with Gasteiger partial charge in [-0.15, -0.1) is 0 Å². The minimum Gasteiger partial charge on any atom is -0.344 e. The van der Waals surface area contributed by atoms with E-state index in [1.165, 1.54) is 29.0 Å². The van der Waals surface area contributed by atoms with Crippen molar-refractivity contribution in [3.8, 4) is 5.69 Å². The molecule has 3 aromatic rings. The number of carbonyl (C=O) groups is 1. The fourth-order valence-corrected chi connectivity index (χ4v) is 4.72. The molecule has 0 radical (unpaired) electrons. The summed E-state index contributed by atoms with van der Waals surface area (Å²) in [6.45, 7) is 6.20. The lowest BCUT2D eigenvalue weighted by Crippen LogP contribution is -2.30. The van der Waals surface area contributed by atoms with Crippen LogP contribution in [0.15, 0.2) is 66.0 Å². The summed E-state index contributed by atoms with van der Waals surface area (Å²) in [5.41, 5.74) is 1.68. The van der Waals surface area contributed by atoms with Gasteiger partial charge >= 0.3 is 0 Å². The van der Waals surface area contributed by atoms with E-state index in [4.69, 9.17) is 0 Å². The SMILES string of the molecule is CCN(CC)S(=O)(=O)c1ccc([C@H](C)NC(=O)c2cncn2-c2ccc(F)cc2)cc1. The minimum atomic E-state index is -3.53. The van der Waals surface area contributed by atoms with Gasteiger partial charge in [-0.05, 0) is 48.9 Å². The predicted octanol–water partition coefficient (Wildman–Crippen LogP) is 3.53. The number of rotatable bonds is 8. The number of amides is 1. The lowest BCUT2D eigenvalue weighted by molar-refractivity contribution is 0.0933. The maximum Gasteiger partial charge on any atom is 0.270 e. The van der Waals surface area contributed by atoms with Crippen LogP contribution in [0.5, 0.6) is 0 Å². The van der Waals surface area contributed by atoms with E-state index >= 15 is 0 Å². The largest absolute Gasteiger partial charge is 0.344 e. The second kappa shape index (κ2) is 9.40. The quantitative estimate of drug-likeness (QED) is 0.576. The van der Waals surface area contributed by atoms with E-state index in [0.29, 0.717) is 24.5 Å². The fraction of sp³-hybridized carbons (Fsp3) is 0.273. The van der Waals surface area contributed by atoms with Gasteiger partial charge in [0.2, 0.25) is 10.0 Å². The summed E-state index contributed by atoms with van der Waals surface area (Å²) in [4.78, 5) is 17.0. The Hall–Kier alpha value is -3.04. The molecular formula is C22H25FN4O3S. The van der Waals surface area contributed by atoms with Gasteiger partial charge in [-0.1, -0.05) is 26.0 Å². The van der Waals surface area contributed by atoms with Gasteiger partial charge in [0.1, 0.15) is 11.5 Å². The van der Waals surface area contributed by atoms with Crippen molar-refractivity contribution in [2.45, 2.75) is 31.7 Å². The molecule has 0 spiro atoms. The second-order valence-corrected chi connectivity index (χ2v) is 8.92. The maximum atomic E-state index is 13.2. The lowest BCUT2D eigenvalue weighted by Gasteiger charge is -2.19. The Morgan fingerprint density at radius 3 is 2.29 bits per heavy atom. The van der Waals surface area contributed by atoms with Crippen molar-refractivity contribution in [1.82, 2.24) is 19.2 Å². The second-order valence-electron chi connectivity index (χ2n) is 6.98. The van der Waals surface area contributed by atoms with Crippen molar-refractivity contribution < 1.29 is 17.6 Å². The summed E-state index contributed by atoms with van der Waals surface area (Å²) in [5.74, 6) is -0.718. The number of imidazole rings is 1. The third-order valence-electron chi connectivity index (χ3n) is 5.05. The number of aromatic nitrogens is 2. The first-order chi connectivity index (χ1) is 14.8. The highest BCUT2D eigenvalue weighted by Crippen LogP contribution is 2.20. The molecule has 0 fully saturated rings. The monoisotopic (exact) mass is 444 g/mol. The Morgan fingerprint density at radius 2 is 1.71 bits per heavy atom. The van der Waals surface area contributed by atoms with Crippen LogP contribution >= 0.6 is 0 Å². The van der Waals surface area contributed by atoms with E-state index in [-0.39, 0.29) is 22.7 Å². The third-order valence-corrected chi connectivity index (χ3v) is 7.11. The molecular weight excluding hydrogens is 419 g/mol. The Morgan fingerprint density at radius 1 is 1.10 bits per heavy atom. The van der Waals surface area contributed by atoms with E-state index in [1.54, 1.807) is 54.8 Å². The number of nitrogens with one attached hydrogen (secondary N) is 1. The van der Waals surface area contributed by atoms with Crippen LogP contribution in [0.1, 0.15) is 42.9 Å². The highest BCUT2D eigenvalue weighted by Gasteiger charge is 2.22. The number of hydrogen-bond acceptors (Lipinski definition) is 4. The Balaban J connectivity index is 1.75. The highest BCUT2D eigenvalue weighted by molar-refractivity contribution is 7.89. The van der Waals surface area contributed by atoms with Crippen molar-refractivity contribution in [2.75, 3.05) is 13.1 Å². The molecule has 0 aliphatic heterocycles. The van der Waals surface area contributed by atoms with Gasteiger partial charge in [0.05, 0.1) is 23.5 Å². The molecule has 1 atom stereocenters. The zero-order valence-electron chi connectivity index (χ0n) is 17.6. The van der Waals surface area contributed by atoms with Gasteiger partial charge in [0, 0.05) is 18.8 Å². The van der Waals surface area contributed by atoms with Gasteiger partial charge in [-0.25, -0.2) is 17.8 Å². The molecule has 1 amide bonds. The Kier molecular flexibility index (Phi) is 6.87. The molecule has 1 N–H and O–H groups in total. The first kappa shape index (κ1) is 22.6. The first-order valence-corrected chi connectivity index (χ1v) is 11.4.